The summed E-state index contributed by atoms with van der Waals surface area (Å²) >= 11 is 0. The normalized spacial score (nSPS) is 14.5. The van der Waals surface area contributed by atoms with Crippen LogP contribution in [0.4, 0.5) is 11.4 Å². The number of hydrazine groups is 1. The maximum Gasteiger partial charge on any atom is 0.335 e. The molecule has 1 aliphatic carbocycles. The molecule has 1 aliphatic rings. The number of benzene rings is 1. The van der Waals surface area contributed by atoms with Gasteiger partial charge in [0.2, 0.25) is 0 Å². The van der Waals surface area contributed by atoms with Crippen molar-refractivity contribution in [1.82, 2.24) is 4.90 Å². The third-order valence-corrected chi connectivity index (χ3v) is 3.21. The molecule has 0 amide bonds. The van der Waals surface area contributed by atoms with Gasteiger partial charge in [-0.05, 0) is 32.0 Å². The summed E-state index contributed by atoms with van der Waals surface area (Å²) in [5.74, 6) is 5.50. The second kappa shape index (κ2) is 5.85. The number of likely N-dealkylation sites (N-methyl/N-ethyl adjacent to an activating group) is 1. The van der Waals surface area contributed by atoms with E-state index in [2.05, 4.69) is 10.3 Å². The van der Waals surface area contributed by atoms with Gasteiger partial charge in [0.25, 0.3) is 0 Å². The molecule has 0 bridgehead atoms. The number of hydrogen-bond donors (Lipinski definition) is 2. The van der Waals surface area contributed by atoms with E-state index in [1.54, 1.807) is 18.2 Å². The van der Waals surface area contributed by atoms with Gasteiger partial charge in [-0.25, -0.2) is 0 Å². The van der Waals surface area contributed by atoms with Crippen molar-refractivity contribution in [3.8, 4) is 5.75 Å². The minimum Gasteiger partial charge on any atom is -0.485 e. The predicted molar refractivity (Wildman–Crippen MR) is 72.1 cm³/mol. The number of nitrogens with zero attached hydrogens (tertiary/aromatic N) is 2. The van der Waals surface area contributed by atoms with Crippen LogP contribution in [0.15, 0.2) is 18.2 Å². The first-order valence-corrected chi connectivity index (χ1v) is 6.20. The molecule has 1 aromatic carbocycles. The van der Waals surface area contributed by atoms with Gasteiger partial charge < -0.3 is 15.1 Å². The zero-order valence-electron chi connectivity index (χ0n) is 10.8. The SMILES string of the molecule is CN(CCOc1cccc(NN)c1[N+](=O)[O-])C1CC1. The van der Waals surface area contributed by atoms with Crippen molar-refractivity contribution < 1.29 is 9.66 Å². The highest BCUT2D eigenvalue weighted by Gasteiger charge is 2.26. The molecule has 0 aromatic heterocycles. The third kappa shape index (κ3) is 3.33. The van der Waals surface area contributed by atoms with Crippen LogP contribution in [0.25, 0.3) is 0 Å². The molecule has 0 spiro atoms. The molecule has 0 unspecified atom stereocenters. The van der Waals surface area contributed by atoms with E-state index in [0.717, 1.165) is 6.54 Å². The molecular formula is C12H18N4O3. The second-order valence-corrected chi connectivity index (χ2v) is 4.61. The Morgan fingerprint density at radius 2 is 2.32 bits per heavy atom. The summed E-state index contributed by atoms with van der Waals surface area (Å²) in [6.45, 7) is 1.17. The highest BCUT2D eigenvalue weighted by molar-refractivity contribution is 5.67. The monoisotopic (exact) mass is 266 g/mol. The summed E-state index contributed by atoms with van der Waals surface area (Å²) in [6.07, 6.45) is 2.45. The van der Waals surface area contributed by atoms with E-state index in [9.17, 15) is 10.1 Å². The highest BCUT2D eigenvalue weighted by Crippen LogP contribution is 2.34. The summed E-state index contributed by atoms with van der Waals surface area (Å²) in [6, 6.07) is 5.44. The molecule has 0 heterocycles. The Balaban J connectivity index is 2.00. The van der Waals surface area contributed by atoms with Gasteiger partial charge in [-0.1, -0.05) is 6.07 Å². The number of rotatable bonds is 7. The summed E-state index contributed by atoms with van der Waals surface area (Å²) < 4.78 is 5.51. The fraction of sp³-hybridized carbons (Fsp3) is 0.500. The van der Waals surface area contributed by atoms with E-state index in [-0.39, 0.29) is 17.1 Å². The molecule has 104 valence electrons. The molecule has 3 N–H and O–H groups in total. The number of nitro groups is 1. The third-order valence-electron chi connectivity index (χ3n) is 3.21. The van der Waals surface area contributed by atoms with Crippen LogP contribution in [0.1, 0.15) is 12.8 Å². The molecule has 2 rings (SSSR count). The minimum atomic E-state index is -0.491. The highest BCUT2D eigenvalue weighted by atomic mass is 16.6. The summed E-state index contributed by atoms with van der Waals surface area (Å²) in [7, 11) is 2.04. The van der Waals surface area contributed by atoms with Gasteiger partial charge in [0.05, 0.1) is 4.92 Å². The maximum atomic E-state index is 11.0. The molecule has 0 saturated heterocycles. The number of nitrogens with one attached hydrogen (secondary N) is 1. The molecule has 19 heavy (non-hydrogen) atoms. The zero-order valence-corrected chi connectivity index (χ0v) is 10.8. The van der Waals surface area contributed by atoms with Crippen LogP contribution < -0.4 is 16.0 Å². The maximum absolute atomic E-state index is 11.0. The number of hydrogen-bond acceptors (Lipinski definition) is 6. The predicted octanol–water partition coefficient (Wildman–Crippen LogP) is 1.35. The van der Waals surface area contributed by atoms with Gasteiger partial charge in [-0.15, -0.1) is 0 Å². The van der Waals surface area contributed by atoms with Crippen LogP contribution in [-0.4, -0.2) is 36.1 Å². The van der Waals surface area contributed by atoms with Crippen molar-refractivity contribution in [2.24, 2.45) is 5.84 Å². The lowest BCUT2D eigenvalue weighted by atomic mass is 10.2. The molecule has 7 nitrogen and oxygen atoms in total. The Kier molecular flexibility index (Phi) is 4.18. The van der Waals surface area contributed by atoms with Crippen molar-refractivity contribution >= 4 is 11.4 Å². The van der Waals surface area contributed by atoms with Crippen LogP contribution in [0, 0.1) is 10.1 Å². The van der Waals surface area contributed by atoms with Crippen LogP contribution >= 0.6 is 0 Å². The Labute approximate surface area is 111 Å². The topological polar surface area (TPSA) is 93.7 Å². The van der Waals surface area contributed by atoms with Crippen molar-refractivity contribution in [3.05, 3.63) is 28.3 Å². The fourth-order valence-corrected chi connectivity index (χ4v) is 1.94. The standard InChI is InChI=1S/C12H18N4O3/c1-15(9-5-6-9)7-8-19-11-4-2-3-10(14-13)12(11)16(17)18/h2-4,9,14H,5-8,13H2,1H3. The van der Waals surface area contributed by atoms with E-state index >= 15 is 0 Å². The van der Waals surface area contributed by atoms with Gasteiger partial charge in [-0.3, -0.25) is 16.0 Å². The Morgan fingerprint density at radius 3 is 2.89 bits per heavy atom. The first kappa shape index (κ1) is 13.6. The van der Waals surface area contributed by atoms with Gasteiger partial charge >= 0.3 is 5.69 Å². The lowest BCUT2D eigenvalue weighted by Gasteiger charge is -2.16. The number of nitrogen functional groups attached to an aromatic ring is 1. The minimum absolute atomic E-state index is 0.126. The quantitative estimate of drug-likeness (QED) is 0.439. The first-order chi connectivity index (χ1) is 9.13. The summed E-state index contributed by atoms with van der Waals surface area (Å²) in [4.78, 5) is 12.8. The second-order valence-electron chi connectivity index (χ2n) is 4.61. The summed E-state index contributed by atoms with van der Waals surface area (Å²) in [5.41, 5.74) is 2.43. The largest absolute Gasteiger partial charge is 0.485 e. The molecule has 1 saturated carbocycles. The number of nitrogens with two attached hydrogens (primary N) is 1. The summed E-state index contributed by atoms with van der Waals surface area (Å²) in [5, 5.41) is 11.0. The van der Waals surface area contributed by atoms with Gasteiger partial charge in [0.15, 0.2) is 5.75 Å². The molecule has 0 radical (unpaired) electrons. The van der Waals surface area contributed by atoms with Gasteiger partial charge in [0, 0.05) is 12.6 Å². The van der Waals surface area contributed by atoms with Crippen molar-refractivity contribution in [1.29, 1.82) is 0 Å². The molecule has 0 aliphatic heterocycles. The van der Waals surface area contributed by atoms with Crippen LogP contribution in [0.2, 0.25) is 0 Å². The molecule has 0 atom stereocenters. The van der Waals surface area contributed by atoms with Crippen LogP contribution in [0.5, 0.6) is 5.75 Å². The molecule has 1 aromatic rings. The molecule has 7 heteroatoms. The van der Waals surface area contributed by atoms with Crippen molar-refractivity contribution in [2.75, 3.05) is 25.6 Å². The molecule has 1 fully saturated rings. The van der Waals surface area contributed by atoms with Crippen molar-refractivity contribution in [3.63, 3.8) is 0 Å². The Bertz CT molecular complexity index is 462. The van der Waals surface area contributed by atoms with E-state index < -0.39 is 4.92 Å². The number of para-hydroxylation sites is 1. The van der Waals surface area contributed by atoms with E-state index in [4.69, 9.17) is 10.6 Å². The number of anilines is 1. The number of nitro benzene ring substituents is 1. The van der Waals surface area contributed by atoms with Crippen LogP contribution in [0.3, 0.4) is 0 Å². The average Bonchev–Trinajstić information content (AvgIpc) is 3.22. The first-order valence-electron chi connectivity index (χ1n) is 6.20. The lowest BCUT2D eigenvalue weighted by Crippen LogP contribution is -2.26. The molecular weight excluding hydrogens is 248 g/mol. The fourth-order valence-electron chi connectivity index (χ4n) is 1.94. The van der Waals surface area contributed by atoms with Crippen molar-refractivity contribution in [2.45, 2.75) is 18.9 Å². The van der Waals surface area contributed by atoms with E-state index in [0.29, 0.717) is 12.6 Å². The Morgan fingerprint density at radius 1 is 1.58 bits per heavy atom. The zero-order chi connectivity index (χ0) is 13.8. The number of ether oxygens (including phenoxy) is 1. The van der Waals surface area contributed by atoms with E-state index in [1.807, 2.05) is 7.05 Å². The smallest absolute Gasteiger partial charge is 0.335 e. The Hall–Kier alpha value is -1.86. The van der Waals surface area contributed by atoms with Crippen LogP contribution in [-0.2, 0) is 0 Å². The van der Waals surface area contributed by atoms with Gasteiger partial charge in [0.1, 0.15) is 12.3 Å². The average molecular weight is 266 g/mol. The van der Waals surface area contributed by atoms with E-state index in [1.165, 1.54) is 12.8 Å². The lowest BCUT2D eigenvalue weighted by molar-refractivity contribution is -0.385. The van der Waals surface area contributed by atoms with Gasteiger partial charge in [-0.2, -0.15) is 0 Å².